The zero-order chi connectivity index (χ0) is 16.4. The van der Waals surface area contributed by atoms with E-state index in [1.165, 1.54) is 19.3 Å². The summed E-state index contributed by atoms with van der Waals surface area (Å²) in [5.41, 5.74) is 5.97. The van der Waals surface area contributed by atoms with Crippen LogP contribution in [0.1, 0.15) is 63.4 Å². The predicted octanol–water partition coefficient (Wildman–Crippen LogP) is 3.99. The van der Waals surface area contributed by atoms with E-state index in [-0.39, 0.29) is 12.4 Å². The molecule has 0 heterocycles. The highest BCUT2D eigenvalue weighted by Crippen LogP contribution is 2.42. The van der Waals surface area contributed by atoms with Crippen LogP contribution >= 0.6 is 12.4 Å². The van der Waals surface area contributed by atoms with Crippen molar-refractivity contribution in [3.8, 4) is 0 Å². The summed E-state index contributed by atoms with van der Waals surface area (Å²) < 4.78 is 0. The van der Waals surface area contributed by atoms with Crippen molar-refractivity contribution in [2.24, 2.45) is 11.7 Å². The van der Waals surface area contributed by atoms with Gasteiger partial charge in [0.1, 0.15) is 0 Å². The van der Waals surface area contributed by atoms with Gasteiger partial charge in [0.05, 0.1) is 5.60 Å². The zero-order valence-electron chi connectivity index (χ0n) is 14.9. The van der Waals surface area contributed by atoms with Crippen LogP contribution in [-0.4, -0.2) is 24.7 Å². The predicted molar refractivity (Wildman–Crippen MR) is 105 cm³/mol. The largest absolute Gasteiger partial charge is 0.385 e. The fraction of sp³-hybridized carbons (Fsp3) is 0.700. The summed E-state index contributed by atoms with van der Waals surface area (Å²) in [7, 11) is 0. The van der Waals surface area contributed by atoms with E-state index in [2.05, 4.69) is 17.4 Å². The molecule has 0 saturated heterocycles. The monoisotopic (exact) mass is 354 g/mol. The number of hydrogen-bond donors (Lipinski definition) is 3. The fourth-order valence-electron chi connectivity index (χ4n) is 3.89. The van der Waals surface area contributed by atoms with Gasteiger partial charge in [0, 0.05) is 0 Å². The number of benzene rings is 1. The lowest BCUT2D eigenvalue weighted by molar-refractivity contribution is -0.0474. The molecule has 1 aliphatic carbocycles. The van der Waals surface area contributed by atoms with Crippen molar-refractivity contribution in [1.82, 2.24) is 5.32 Å². The van der Waals surface area contributed by atoms with Crippen molar-refractivity contribution in [3.05, 3.63) is 35.9 Å². The molecule has 1 aliphatic rings. The molecule has 3 nitrogen and oxygen atoms in total. The average Bonchev–Trinajstić information content (AvgIpc) is 2.62. The van der Waals surface area contributed by atoms with E-state index in [9.17, 15) is 5.11 Å². The van der Waals surface area contributed by atoms with Crippen molar-refractivity contribution < 1.29 is 5.11 Å². The van der Waals surface area contributed by atoms with E-state index in [1.54, 1.807) is 0 Å². The van der Waals surface area contributed by atoms with Crippen LogP contribution in [0.3, 0.4) is 0 Å². The van der Waals surface area contributed by atoms with Gasteiger partial charge in [-0.1, -0.05) is 49.6 Å². The molecule has 24 heavy (non-hydrogen) atoms. The van der Waals surface area contributed by atoms with E-state index in [0.29, 0.717) is 5.92 Å². The second-order valence-electron chi connectivity index (χ2n) is 6.97. The van der Waals surface area contributed by atoms with Crippen LogP contribution in [0.2, 0.25) is 0 Å². The standard InChI is InChI=1S/C20H34N2O.ClH/c21-15-7-8-16-22-17-9-14-20(23,18-10-3-1-4-11-18)19-12-5-2-6-13-19;/h1,3-4,10-11,19,22-23H,2,5-9,12-17,21H2;1H. The van der Waals surface area contributed by atoms with Gasteiger partial charge in [-0.2, -0.15) is 0 Å². The molecule has 1 unspecified atom stereocenters. The van der Waals surface area contributed by atoms with Crippen LogP contribution in [0.25, 0.3) is 0 Å². The highest BCUT2D eigenvalue weighted by Gasteiger charge is 2.38. The first-order valence-electron chi connectivity index (χ1n) is 9.46. The van der Waals surface area contributed by atoms with Gasteiger partial charge in [-0.3, -0.25) is 0 Å². The Labute approximate surface area is 153 Å². The van der Waals surface area contributed by atoms with Gasteiger partial charge in [0.15, 0.2) is 0 Å². The number of aliphatic hydroxyl groups is 1. The molecule has 0 bridgehead atoms. The lowest BCUT2D eigenvalue weighted by Gasteiger charge is -2.39. The molecule has 1 aromatic rings. The Hall–Kier alpha value is -0.610. The van der Waals surface area contributed by atoms with Gasteiger partial charge in [-0.15, -0.1) is 12.4 Å². The van der Waals surface area contributed by atoms with Gasteiger partial charge in [0.25, 0.3) is 0 Å². The molecule has 0 aromatic heterocycles. The third-order valence-electron chi connectivity index (χ3n) is 5.27. The smallest absolute Gasteiger partial charge is 0.0925 e. The summed E-state index contributed by atoms with van der Waals surface area (Å²) in [6.45, 7) is 2.79. The molecule has 138 valence electrons. The summed E-state index contributed by atoms with van der Waals surface area (Å²) in [4.78, 5) is 0. The van der Waals surface area contributed by atoms with Gasteiger partial charge in [-0.05, 0) is 69.6 Å². The Balaban J connectivity index is 0.00000288. The Kier molecular flexibility index (Phi) is 10.6. The van der Waals surface area contributed by atoms with Gasteiger partial charge >= 0.3 is 0 Å². The number of nitrogens with two attached hydrogens (primary N) is 1. The summed E-state index contributed by atoms with van der Waals surface area (Å²) in [5, 5.41) is 15.0. The first-order chi connectivity index (χ1) is 11.3. The maximum absolute atomic E-state index is 11.5. The molecule has 1 atom stereocenters. The molecule has 1 saturated carbocycles. The van der Waals surface area contributed by atoms with E-state index in [0.717, 1.165) is 63.7 Å². The maximum Gasteiger partial charge on any atom is 0.0925 e. The van der Waals surface area contributed by atoms with Crippen LogP contribution in [0.4, 0.5) is 0 Å². The third kappa shape index (κ3) is 6.36. The maximum atomic E-state index is 11.5. The number of unbranched alkanes of at least 4 members (excludes halogenated alkanes) is 1. The third-order valence-corrected chi connectivity index (χ3v) is 5.27. The van der Waals surface area contributed by atoms with Gasteiger partial charge < -0.3 is 16.2 Å². The van der Waals surface area contributed by atoms with Crippen LogP contribution in [-0.2, 0) is 5.60 Å². The van der Waals surface area contributed by atoms with Gasteiger partial charge in [-0.25, -0.2) is 0 Å². The van der Waals surface area contributed by atoms with Crippen molar-refractivity contribution in [2.75, 3.05) is 19.6 Å². The number of nitrogens with one attached hydrogen (secondary N) is 1. The summed E-state index contributed by atoms with van der Waals surface area (Å²) in [5.74, 6) is 0.413. The molecule has 0 radical (unpaired) electrons. The van der Waals surface area contributed by atoms with E-state index in [1.807, 2.05) is 18.2 Å². The Morgan fingerprint density at radius 1 is 1.00 bits per heavy atom. The minimum Gasteiger partial charge on any atom is -0.385 e. The average molecular weight is 355 g/mol. The van der Waals surface area contributed by atoms with E-state index < -0.39 is 5.60 Å². The molecule has 4 N–H and O–H groups in total. The SMILES string of the molecule is Cl.NCCCCNCCCC(O)(c1ccccc1)C1CCCCC1. The quantitative estimate of drug-likeness (QED) is 0.557. The lowest BCUT2D eigenvalue weighted by atomic mass is 9.71. The molecule has 0 spiro atoms. The zero-order valence-corrected chi connectivity index (χ0v) is 15.7. The molecule has 0 aliphatic heterocycles. The number of halogens is 1. The number of rotatable bonds is 10. The van der Waals surface area contributed by atoms with Crippen molar-refractivity contribution >= 4 is 12.4 Å². The first kappa shape index (κ1) is 21.4. The van der Waals surface area contributed by atoms with Crippen LogP contribution < -0.4 is 11.1 Å². The molecular formula is C20H35ClN2O. The Bertz CT molecular complexity index is 423. The molecular weight excluding hydrogens is 320 g/mol. The number of hydrogen-bond acceptors (Lipinski definition) is 3. The van der Waals surface area contributed by atoms with Crippen LogP contribution in [0.15, 0.2) is 30.3 Å². The molecule has 2 rings (SSSR count). The Morgan fingerprint density at radius 2 is 1.67 bits per heavy atom. The fourth-order valence-corrected chi connectivity index (χ4v) is 3.89. The molecule has 4 heteroatoms. The lowest BCUT2D eigenvalue weighted by Crippen LogP contribution is -2.37. The minimum absolute atomic E-state index is 0. The van der Waals surface area contributed by atoms with Crippen molar-refractivity contribution in [3.63, 3.8) is 0 Å². The first-order valence-corrected chi connectivity index (χ1v) is 9.46. The second kappa shape index (κ2) is 11.9. The highest BCUT2D eigenvalue weighted by molar-refractivity contribution is 5.85. The van der Waals surface area contributed by atoms with Crippen LogP contribution in [0, 0.1) is 5.92 Å². The van der Waals surface area contributed by atoms with Crippen molar-refractivity contribution in [1.29, 1.82) is 0 Å². The van der Waals surface area contributed by atoms with Gasteiger partial charge in [0.2, 0.25) is 0 Å². The normalized spacial score (nSPS) is 17.9. The minimum atomic E-state index is -0.652. The van der Waals surface area contributed by atoms with Crippen LogP contribution in [0.5, 0.6) is 0 Å². The molecule has 0 amide bonds. The van der Waals surface area contributed by atoms with E-state index >= 15 is 0 Å². The summed E-state index contributed by atoms with van der Waals surface area (Å²) >= 11 is 0. The molecule has 1 aromatic carbocycles. The topological polar surface area (TPSA) is 58.3 Å². The molecule has 1 fully saturated rings. The highest BCUT2D eigenvalue weighted by atomic mass is 35.5. The summed E-state index contributed by atoms with van der Waals surface area (Å²) in [6, 6.07) is 10.3. The second-order valence-corrected chi connectivity index (χ2v) is 6.97. The summed E-state index contributed by atoms with van der Waals surface area (Å²) in [6.07, 6.45) is 10.3. The Morgan fingerprint density at radius 3 is 2.33 bits per heavy atom. The van der Waals surface area contributed by atoms with Crippen molar-refractivity contribution in [2.45, 2.75) is 63.4 Å². The van der Waals surface area contributed by atoms with E-state index in [4.69, 9.17) is 5.73 Å².